The molecule has 0 spiro atoms. The van der Waals surface area contributed by atoms with Gasteiger partial charge in [0.05, 0.1) is 43.0 Å². The van der Waals surface area contributed by atoms with Crippen LogP contribution in [-0.2, 0) is 28.5 Å². The van der Waals surface area contributed by atoms with Crippen molar-refractivity contribution in [1.82, 2.24) is 0 Å². The van der Waals surface area contributed by atoms with Gasteiger partial charge in [-0.25, -0.2) is 19.2 Å². The van der Waals surface area contributed by atoms with Crippen LogP contribution in [0.15, 0.2) is 77.3 Å². The van der Waals surface area contributed by atoms with Gasteiger partial charge in [0.2, 0.25) is 0 Å². The van der Waals surface area contributed by atoms with Gasteiger partial charge in [-0.05, 0) is 65.3 Å². The zero-order valence-electron chi connectivity index (χ0n) is 26.0. The zero-order chi connectivity index (χ0) is 33.0. The molecule has 0 fully saturated rings. The van der Waals surface area contributed by atoms with Crippen LogP contribution in [0.3, 0.4) is 0 Å². The number of nitrogens with two attached hydrogens (primary N) is 1. The Bertz CT molecular complexity index is 1530. The monoisotopic (exact) mass is 604 g/mol. The third-order valence-electron chi connectivity index (χ3n) is 6.11. The molecular formula is C32H36N4O8. The van der Waals surface area contributed by atoms with Crippen LogP contribution in [0.25, 0.3) is 0 Å². The normalized spacial score (nSPS) is 15.2. The van der Waals surface area contributed by atoms with Crippen LogP contribution in [0.1, 0.15) is 53.0 Å². The van der Waals surface area contributed by atoms with E-state index in [9.17, 15) is 24.4 Å². The Morgan fingerprint density at radius 3 is 1.86 bits per heavy atom. The minimum atomic E-state index is -1.07. The Hall–Kier alpha value is -5.31. The molecule has 1 heterocycles. The highest BCUT2D eigenvalue weighted by Crippen LogP contribution is 2.43. The summed E-state index contributed by atoms with van der Waals surface area (Å²) in [5, 5.41) is 10.3. The first-order valence-corrected chi connectivity index (χ1v) is 13.6. The molecule has 1 atom stereocenters. The van der Waals surface area contributed by atoms with Gasteiger partial charge in [0.25, 0.3) is 0 Å². The van der Waals surface area contributed by atoms with Crippen LogP contribution in [0.2, 0.25) is 0 Å². The third-order valence-corrected chi connectivity index (χ3v) is 6.11. The zero-order valence-corrected chi connectivity index (χ0v) is 26.0. The van der Waals surface area contributed by atoms with E-state index >= 15 is 0 Å². The molecule has 1 aliphatic rings. The first-order valence-electron chi connectivity index (χ1n) is 13.6. The molecular weight excluding hydrogens is 568 g/mol. The van der Waals surface area contributed by atoms with Gasteiger partial charge in [0, 0.05) is 5.69 Å². The first kappa shape index (κ1) is 33.2. The number of nitriles is 1. The molecule has 12 heteroatoms. The number of nitrogens with zero attached hydrogens (tertiary/aromatic N) is 3. The lowest BCUT2D eigenvalue weighted by Crippen LogP contribution is -2.44. The number of hydrogen-bond donors (Lipinski definition) is 1. The van der Waals surface area contributed by atoms with Crippen LogP contribution < -0.4 is 15.5 Å². The molecule has 44 heavy (non-hydrogen) atoms. The van der Waals surface area contributed by atoms with Crippen molar-refractivity contribution >= 4 is 35.5 Å². The molecule has 0 aliphatic carbocycles. The number of imide groups is 1. The molecule has 0 saturated carbocycles. The molecule has 12 nitrogen and oxygen atoms in total. The Morgan fingerprint density at radius 2 is 1.39 bits per heavy atom. The predicted octanol–water partition coefficient (Wildman–Crippen LogP) is 5.26. The number of carbonyl (C=O) groups is 4. The average molecular weight is 605 g/mol. The van der Waals surface area contributed by atoms with Crippen molar-refractivity contribution in [2.75, 3.05) is 24.0 Å². The van der Waals surface area contributed by atoms with Crippen molar-refractivity contribution in [2.24, 2.45) is 5.73 Å². The predicted molar refractivity (Wildman–Crippen MR) is 161 cm³/mol. The summed E-state index contributed by atoms with van der Waals surface area (Å²) in [6.45, 7) is 9.85. The summed E-state index contributed by atoms with van der Waals surface area (Å²) < 4.78 is 21.1. The lowest BCUT2D eigenvalue weighted by Gasteiger charge is -2.36. The van der Waals surface area contributed by atoms with Crippen molar-refractivity contribution in [3.05, 3.63) is 82.8 Å². The van der Waals surface area contributed by atoms with Crippen LogP contribution in [0.5, 0.6) is 0 Å². The van der Waals surface area contributed by atoms with E-state index < -0.39 is 41.2 Å². The van der Waals surface area contributed by atoms with E-state index in [0.29, 0.717) is 10.5 Å². The summed E-state index contributed by atoms with van der Waals surface area (Å²) in [5.74, 6) is -3.10. The van der Waals surface area contributed by atoms with Crippen molar-refractivity contribution < 1.29 is 38.1 Å². The highest BCUT2D eigenvalue weighted by Gasteiger charge is 2.43. The van der Waals surface area contributed by atoms with Gasteiger partial charge in [-0.15, -0.1) is 0 Å². The van der Waals surface area contributed by atoms with E-state index in [0.717, 1.165) is 19.1 Å². The molecule has 2 amide bonds. The Balaban J connectivity index is 2.33. The van der Waals surface area contributed by atoms with Gasteiger partial charge >= 0.3 is 24.1 Å². The van der Waals surface area contributed by atoms with Crippen LogP contribution in [0.4, 0.5) is 21.0 Å². The molecule has 2 N–H and O–H groups in total. The van der Waals surface area contributed by atoms with Crippen LogP contribution >= 0.6 is 0 Å². The maximum absolute atomic E-state index is 13.4. The van der Waals surface area contributed by atoms with Crippen molar-refractivity contribution in [3.8, 4) is 6.07 Å². The SMILES string of the molecule is COC(=O)C1=C(C(=O)OC)N(c2cccc(N(C(=O)OC(C)(C)C)C(=O)OC(C)(C)C)c2)C(N)=C(C#N)C1c1ccccc1. The number of ether oxygens (including phenoxy) is 4. The van der Waals surface area contributed by atoms with Crippen molar-refractivity contribution in [1.29, 1.82) is 5.26 Å². The lowest BCUT2D eigenvalue weighted by atomic mass is 9.81. The summed E-state index contributed by atoms with van der Waals surface area (Å²) in [7, 11) is 2.27. The second-order valence-corrected chi connectivity index (χ2v) is 11.7. The smallest absolute Gasteiger partial charge is 0.424 e. The van der Waals surface area contributed by atoms with E-state index in [1.165, 1.54) is 24.3 Å². The quantitative estimate of drug-likeness (QED) is 0.350. The minimum Gasteiger partial charge on any atom is -0.466 e. The number of allylic oxidation sites excluding steroid dienone is 1. The van der Waals surface area contributed by atoms with Crippen molar-refractivity contribution in [3.63, 3.8) is 0 Å². The van der Waals surface area contributed by atoms with Gasteiger partial charge in [-0.2, -0.15) is 10.2 Å². The van der Waals surface area contributed by atoms with E-state index in [1.54, 1.807) is 71.9 Å². The first-order chi connectivity index (χ1) is 20.5. The summed E-state index contributed by atoms with van der Waals surface area (Å²) >= 11 is 0. The topological polar surface area (TPSA) is 161 Å². The fourth-order valence-corrected chi connectivity index (χ4v) is 4.45. The second-order valence-electron chi connectivity index (χ2n) is 11.7. The van der Waals surface area contributed by atoms with Crippen LogP contribution in [-0.4, -0.2) is 49.5 Å². The molecule has 0 saturated heterocycles. The number of rotatable bonds is 5. The number of anilines is 2. The van der Waals surface area contributed by atoms with Gasteiger partial charge in [-0.3, -0.25) is 4.90 Å². The van der Waals surface area contributed by atoms with Gasteiger partial charge in [-0.1, -0.05) is 36.4 Å². The number of methoxy groups -OCH3 is 2. The highest BCUT2D eigenvalue weighted by atomic mass is 16.6. The molecule has 0 radical (unpaired) electrons. The molecule has 1 aliphatic heterocycles. The lowest BCUT2D eigenvalue weighted by molar-refractivity contribution is -0.139. The minimum absolute atomic E-state index is 0.00803. The number of carbonyl (C=O) groups excluding carboxylic acids is 4. The largest absolute Gasteiger partial charge is 0.466 e. The van der Waals surface area contributed by atoms with Gasteiger partial charge in [0.1, 0.15) is 22.7 Å². The van der Waals surface area contributed by atoms with E-state index in [1.807, 2.05) is 0 Å². The second kappa shape index (κ2) is 12.9. The maximum atomic E-state index is 13.4. The molecule has 2 aromatic carbocycles. The fourth-order valence-electron chi connectivity index (χ4n) is 4.45. The van der Waals surface area contributed by atoms with E-state index in [4.69, 9.17) is 24.7 Å². The molecule has 0 bridgehead atoms. The molecule has 0 aromatic heterocycles. The highest BCUT2D eigenvalue weighted by molar-refractivity contribution is 6.10. The van der Waals surface area contributed by atoms with Crippen LogP contribution in [0, 0.1) is 11.3 Å². The Kier molecular flexibility index (Phi) is 9.74. The van der Waals surface area contributed by atoms with E-state index in [-0.39, 0.29) is 34.0 Å². The summed E-state index contributed by atoms with van der Waals surface area (Å²) in [6, 6.07) is 16.4. The molecule has 2 aromatic rings. The number of hydrogen-bond acceptors (Lipinski definition) is 11. The fraction of sp³-hybridized carbons (Fsp3) is 0.344. The maximum Gasteiger partial charge on any atom is 0.424 e. The average Bonchev–Trinajstić information content (AvgIpc) is 2.94. The van der Waals surface area contributed by atoms with Gasteiger partial charge in [0.15, 0.2) is 0 Å². The number of benzene rings is 2. The molecule has 232 valence electrons. The summed E-state index contributed by atoms with van der Waals surface area (Å²) in [6.07, 6.45) is -2.04. The summed E-state index contributed by atoms with van der Waals surface area (Å²) in [5.41, 5.74) is 4.71. The standard InChI is InChI=1S/C32H36N4O8/c1-31(2,3)43-29(39)36(30(40)44-32(4,5)6)21-16-12-15-20(17-21)35-25(28(38)42-8)24(27(37)41-7)23(22(18-33)26(35)34)19-13-10-9-11-14-19/h9-17,23H,34H2,1-8H3. The Labute approximate surface area is 256 Å². The van der Waals surface area contributed by atoms with Gasteiger partial charge < -0.3 is 24.7 Å². The summed E-state index contributed by atoms with van der Waals surface area (Å²) in [4.78, 5) is 55.2. The molecule has 3 rings (SSSR count). The number of amides is 2. The Morgan fingerprint density at radius 1 is 0.841 bits per heavy atom. The van der Waals surface area contributed by atoms with E-state index in [2.05, 4.69) is 6.07 Å². The van der Waals surface area contributed by atoms with Crippen molar-refractivity contribution in [2.45, 2.75) is 58.7 Å². The number of esters is 2. The third kappa shape index (κ3) is 7.18. The molecule has 1 unspecified atom stereocenters.